The number of amides is 1. The van der Waals surface area contributed by atoms with E-state index in [9.17, 15) is 13.2 Å². The lowest BCUT2D eigenvalue weighted by molar-refractivity contribution is 0.0945. The van der Waals surface area contributed by atoms with Gasteiger partial charge in [-0.15, -0.1) is 0 Å². The van der Waals surface area contributed by atoms with Crippen molar-refractivity contribution in [2.45, 2.75) is 18.4 Å². The molecule has 9 heteroatoms. The van der Waals surface area contributed by atoms with Gasteiger partial charge < -0.3 is 5.32 Å². The Hall–Kier alpha value is -2.94. The SMILES string of the molecule is Cc1ccc(S(=O)(=O)n2ccc(C(=O)NCc3cnn(C)c3)n2)cc1. The smallest absolute Gasteiger partial charge is 0.282 e. The van der Waals surface area contributed by atoms with E-state index in [0.29, 0.717) is 0 Å². The van der Waals surface area contributed by atoms with Crippen LogP contribution in [0.15, 0.2) is 53.8 Å². The van der Waals surface area contributed by atoms with E-state index < -0.39 is 15.9 Å². The molecule has 0 aliphatic rings. The minimum atomic E-state index is -3.82. The van der Waals surface area contributed by atoms with E-state index in [4.69, 9.17) is 0 Å². The number of hydrogen-bond acceptors (Lipinski definition) is 5. The maximum Gasteiger partial charge on any atom is 0.282 e. The molecule has 3 rings (SSSR count). The highest BCUT2D eigenvalue weighted by Gasteiger charge is 2.20. The summed E-state index contributed by atoms with van der Waals surface area (Å²) in [5, 5.41) is 10.6. The van der Waals surface area contributed by atoms with E-state index in [1.54, 1.807) is 36.3 Å². The first-order valence-corrected chi connectivity index (χ1v) is 8.94. The molecule has 130 valence electrons. The van der Waals surface area contributed by atoms with E-state index in [1.165, 1.54) is 24.4 Å². The first-order valence-electron chi connectivity index (χ1n) is 7.50. The topological polar surface area (TPSA) is 98.9 Å². The van der Waals surface area contributed by atoms with Gasteiger partial charge in [0.2, 0.25) is 0 Å². The highest BCUT2D eigenvalue weighted by Crippen LogP contribution is 2.14. The van der Waals surface area contributed by atoms with Crippen molar-refractivity contribution in [1.82, 2.24) is 24.3 Å². The number of nitrogens with one attached hydrogen (secondary N) is 1. The molecule has 1 aromatic carbocycles. The van der Waals surface area contributed by atoms with Gasteiger partial charge in [0, 0.05) is 31.5 Å². The Kier molecular flexibility index (Phi) is 4.41. The highest BCUT2D eigenvalue weighted by molar-refractivity contribution is 7.89. The molecular formula is C16H17N5O3S. The number of hydrogen-bond donors (Lipinski definition) is 1. The van der Waals surface area contributed by atoms with Crippen molar-refractivity contribution in [3.05, 3.63) is 65.7 Å². The van der Waals surface area contributed by atoms with Gasteiger partial charge in [-0.05, 0) is 25.1 Å². The minimum Gasteiger partial charge on any atom is -0.346 e. The predicted molar refractivity (Wildman–Crippen MR) is 90.4 cm³/mol. The van der Waals surface area contributed by atoms with E-state index in [0.717, 1.165) is 15.2 Å². The first-order chi connectivity index (χ1) is 11.9. The average Bonchev–Trinajstić information content (AvgIpc) is 3.22. The molecule has 3 aromatic rings. The molecule has 25 heavy (non-hydrogen) atoms. The van der Waals surface area contributed by atoms with Crippen molar-refractivity contribution in [1.29, 1.82) is 0 Å². The van der Waals surface area contributed by atoms with Crippen LogP contribution in [0.4, 0.5) is 0 Å². The van der Waals surface area contributed by atoms with Crippen LogP contribution in [0.2, 0.25) is 0 Å². The Morgan fingerprint density at radius 3 is 2.56 bits per heavy atom. The average molecular weight is 359 g/mol. The molecule has 1 amide bonds. The third-order valence-corrected chi connectivity index (χ3v) is 5.14. The van der Waals surface area contributed by atoms with Gasteiger partial charge >= 0.3 is 0 Å². The Morgan fingerprint density at radius 2 is 1.92 bits per heavy atom. The number of benzene rings is 1. The molecule has 2 aromatic heterocycles. The zero-order chi connectivity index (χ0) is 18.0. The standard InChI is InChI=1S/C16H17N5O3S/c1-12-3-5-14(6-4-12)25(23,24)21-8-7-15(19-21)16(22)17-9-13-10-18-20(2)11-13/h3-8,10-11H,9H2,1-2H3,(H,17,22). The van der Waals surface area contributed by atoms with Crippen molar-refractivity contribution in [3.63, 3.8) is 0 Å². The summed E-state index contributed by atoms with van der Waals surface area (Å²) in [6.07, 6.45) is 4.68. The van der Waals surface area contributed by atoms with Crippen LogP contribution in [0.25, 0.3) is 0 Å². The molecule has 2 heterocycles. The van der Waals surface area contributed by atoms with Gasteiger partial charge in [0.1, 0.15) is 0 Å². The molecule has 0 aliphatic carbocycles. The third-order valence-electron chi connectivity index (χ3n) is 3.58. The molecule has 0 fully saturated rings. The fourth-order valence-electron chi connectivity index (χ4n) is 2.22. The summed E-state index contributed by atoms with van der Waals surface area (Å²) in [7, 11) is -2.04. The fourth-order valence-corrected chi connectivity index (χ4v) is 3.33. The highest BCUT2D eigenvalue weighted by atomic mass is 32.2. The summed E-state index contributed by atoms with van der Waals surface area (Å²) in [5.74, 6) is -0.457. The monoisotopic (exact) mass is 359 g/mol. The summed E-state index contributed by atoms with van der Waals surface area (Å²) in [6.45, 7) is 2.15. The molecule has 0 aliphatic heterocycles. The van der Waals surface area contributed by atoms with Crippen LogP contribution in [-0.2, 0) is 23.6 Å². The minimum absolute atomic E-state index is 0.0274. The second kappa shape index (κ2) is 6.52. The number of carbonyl (C=O) groups excluding carboxylic acids is 1. The first kappa shape index (κ1) is 16.9. The Balaban J connectivity index is 1.75. The molecule has 0 saturated heterocycles. The van der Waals surface area contributed by atoms with E-state index >= 15 is 0 Å². The van der Waals surface area contributed by atoms with Gasteiger partial charge in [-0.25, -0.2) is 0 Å². The van der Waals surface area contributed by atoms with Gasteiger partial charge in [-0.3, -0.25) is 9.48 Å². The van der Waals surface area contributed by atoms with Crippen LogP contribution in [-0.4, -0.2) is 33.3 Å². The second-order valence-corrected chi connectivity index (χ2v) is 7.39. The number of carbonyl (C=O) groups is 1. The molecule has 0 radical (unpaired) electrons. The molecule has 0 atom stereocenters. The van der Waals surface area contributed by atoms with Crippen LogP contribution in [0.5, 0.6) is 0 Å². The molecule has 1 N–H and O–H groups in total. The summed E-state index contributed by atoms with van der Waals surface area (Å²) >= 11 is 0. The van der Waals surface area contributed by atoms with E-state index in [1.807, 2.05) is 6.92 Å². The van der Waals surface area contributed by atoms with Crippen LogP contribution in [0.3, 0.4) is 0 Å². The maximum absolute atomic E-state index is 12.5. The van der Waals surface area contributed by atoms with Gasteiger partial charge in [-0.2, -0.15) is 22.7 Å². The van der Waals surface area contributed by atoms with Gasteiger partial charge in [0.05, 0.1) is 11.1 Å². The van der Waals surface area contributed by atoms with E-state index in [-0.39, 0.29) is 17.1 Å². The maximum atomic E-state index is 12.5. The summed E-state index contributed by atoms with van der Waals surface area (Å²) in [4.78, 5) is 12.3. The second-order valence-electron chi connectivity index (χ2n) is 5.60. The van der Waals surface area contributed by atoms with Crippen molar-refractivity contribution in [2.24, 2.45) is 7.05 Å². The molecular weight excluding hydrogens is 342 g/mol. The number of aryl methyl sites for hydroxylation is 2. The van der Waals surface area contributed by atoms with Crippen molar-refractivity contribution in [3.8, 4) is 0 Å². The Bertz CT molecular complexity index is 1000. The van der Waals surface area contributed by atoms with Gasteiger partial charge in [0.25, 0.3) is 15.9 Å². The quantitative estimate of drug-likeness (QED) is 0.735. The molecule has 0 spiro atoms. The third kappa shape index (κ3) is 3.61. The normalized spacial score (nSPS) is 11.4. The molecule has 0 unspecified atom stereocenters. The molecule has 0 saturated carbocycles. The summed E-state index contributed by atoms with van der Waals surface area (Å²) in [5.41, 5.74) is 1.82. The lowest BCUT2D eigenvalue weighted by atomic mass is 10.2. The number of nitrogens with zero attached hydrogens (tertiary/aromatic N) is 4. The van der Waals surface area contributed by atoms with Gasteiger partial charge in [0.15, 0.2) is 5.69 Å². The zero-order valence-corrected chi connectivity index (χ0v) is 14.6. The summed E-state index contributed by atoms with van der Waals surface area (Å²) in [6, 6.07) is 7.79. The van der Waals surface area contributed by atoms with Crippen LogP contribution < -0.4 is 5.32 Å². The van der Waals surface area contributed by atoms with E-state index in [2.05, 4.69) is 15.5 Å². The predicted octanol–water partition coefficient (Wildman–Crippen LogP) is 1.09. The molecule has 0 bridgehead atoms. The van der Waals surface area contributed by atoms with Crippen molar-refractivity contribution < 1.29 is 13.2 Å². The Morgan fingerprint density at radius 1 is 1.20 bits per heavy atom. The van der Waals surface area contributed by atoms with Crippen LogP contribution >= 0.6 is 0 Å². The Labute approximate surface area is 145 Å². The molecule has 8 nitrogen and oxygen atoms in total. The zero-order valence-electron chi connectivity index (χ0n) is 13.7. The largest absolute Gasteiger partial charge is 0.346 e. The van der Waals surface area contributed by atoms with Gasteiger partial charge in [-0.1, -0.05) is 17.7 Å². The lowest BCUT2D eigenvalue weighted by Gasteiger charge is -2.04. The van der Waals surface area contributed by atoms with Crippen LogP contribution in [0.1, 0.15) is 21.6 Å². The summed E-state index contributed by atoms with van der Waals surface area (Å²) < 4.78 is 27.5. The van der Waals surface area contributed by atoms with Crippen molar-refractivity contribution in [2.75, 3.05) is 0 Å². The lowest BCUT2D eigenvalue weighted by Crippen LogP contribution is -2.24. The van der Waals surface area contributed by atoms with Crippen LogP contribution in [0, 0.1) is 6.92 Å². The fraction of sp³-hybridized carbons (Fsp3) is 0.188. The van der Waals surface area contributed by atoms with Crippen molar-refractivity contribution >= 4 is 15.9 Å². The number of aromatic nitrogens is 4. The number of rotatable bonds is 5.